The van der Waals surface area contributed by atoms with Crippen LogP contribution >= 0.6 is 0 Å². The number of hydrogen-bond acceptors (Lipinski definition) is 4. The van der Waals surface area contributed by atoms with E-state index in [-0.39, 0.29) is 5.89 Å². The third-order valence-electron chi connectivity index (χ3n) is 4.92. The van der Waals surface area contributed by atoms with Crippen LogP contribution in [0.15, 0.2) is 53.2 Å². The Morgan fingerprint density at radius 3 is 2.77 bits per heavy atom. The number of nitrogens with one attached hydrogen (secondary N) is 3. The van der Waals surface area contributed by atoms with Crippen molar-refractivity contribution in [3.63, 3.8) is 0 Å². The number of rotatable bonds is 3. The minimum Gasteiger partial charge on any atom is -0.436 e. The summed E-state index contributed by atoms with van der Waals surface area (Å²) in [5, 5.41) is 10.9. The van der Waals surface area contributed by atoms with Crippen molar-refractivity contribution in [3.05, 3.63) is 66.1 Å². The van der Waals surface area contributed by atoms with Crippen molar-refractivity contribution in [1.82, 2.24) is 20.2 Å². The molecular formula is C21H14F3N5O2. The van der Waals surface area contributed by atoms with Gasteiger partial charge < -0.3 is 14.7 Å². The summed E-state index contributed by atoms with van der Waals surface area (Å²) in [5.41, 5.74) is 2.67. The number of nitrogens with zero attached hydrogens (tertiary/aromatic N) is 2. The van der Waals surface area contributed by atoms with Gasteiger partial charge in [-0.1, -0.05) is 12.1 Å². The Labute approximate surface area is 172 Å². The van der Waals surface area contributed by atoms with Crippen LogP contribution in [0.25, 0.3) is 32.9 Å². The second-order valence-corrected chi connectivity index (χ2v) is 6.96. The molecule has 0 aliphatic heterocycles. The summed E-state index contributed by atoms with van der Waals surface area (Å²) in [7, 11) is 0. The first kappa shape index (κ1) is 18.9. The predicted octanol–water partition coefficient (Wildman–Crippen LogP) is 5.28. The number of carbonyl (C=O) groups excluding carboxylic acids is 1. The molecule has 31 heavy (non-hydrogen) atoms. The number of aryl methyl sites for hydroxylation is 1. The Bertz CT molecular complexity index is 1440. The Balaban J connectivity index is 1.61. The van der Waals surface area contributed by atoms with Gasteiger partial charge in [0.05, 0.1) is 17.4 Å². The Morgan fingerprint density at radius 1 is 1.13 bits per heavy atom. The highest BCUT2D eigenvalue weighted by Gasteiger charge is 2.41. The van der Waals surface area contributed by atoms with Crippen LogP contribution in [0.3, 0.4) is 0 Å². The van der Waals surface area contributed by atoms with Crippen molar-refractivity contribution < 1.29 is 22.4 Å². The van der Waals surface area contributed by atoms with E-state index in [2.05, 4.69) is 29.9 Å². The number of oxazole rings is 1. The SMILES string of the molecule is Cc1nc(C(=O)Nc2cc(-c3cccc4[nH]ccc34)cc3[nH]ncc23)c(C(F)(F)F)o1. The van der Waals surface area contributed by atoms with Crippen molar-refractivity contribution >= 4 is 33.4 Å². The molecule has 2 aromatic carbocycles. The molecule has 0 atom stereocenters. The smallest absolute Gasteiger partial charge is 0.436 e. The number of aromatic nitrogens is 4. The van der Waals surface area contributed by atoms with Gasteiger partial charge >= 0.3 is 6.18 Å². The highest BCUT2D eigenvalue weighted by Crippen LogP contribution is 2.36. The quantitative estimate of drug-likeness (QED) is 0.366. The lowest BCUT2D eigenvalue weighted by molar-refractivity contribution is -0.153. The van der Waals surface area contributed by atoms with Gasteiger partial charge in [0.2, 0.25) is 5.76 Å². The van der Waals surface area contributed by atoms with Crippen LogP contribution in [0.1, 0.15) is 22.1 Å². The van der Waals surface area contributed by atoms with E-state index < -0.39 is 23.5 Å². The second kappa shape index (κ2) is 6.73. The first-order valence-electron chi connectivity index (χ1n) is 9.21. The summed E-state index contributed by atoms with van der Waals surface area (Å²) in [6.07, 6.45) is -1.54. The maximum atomic E-state index is 13.2. The molecule has 1 amide bonds. The van der Waals surface area contributed by atoms with Gasteiger partial charge in [-0.25, -0.2) is 4.98 Å². The molecule has 156 valence electrons. The van der Waals surface area contributed by atoms with Crippen LogP contribution in [0.5, 0.6) is 0 Å². The van der Waals surface area contributed by atoms with Gasteiger partial charge in [0.1, 0.15) is 0 Å². The summed E-state index contributed by atoms with van der Waals surface area (Å²) in [5.74, 6) is -2.71. The van der Waals surface area contributed by atoms with E-state index in [0.29, 0.717) is 16.6 Å². The van der Waals surface area contributed by atoms with Crippen LogP contribution in [0, 0.1) is 6.92 Å². The molecule has 0 fully saturated rings. The third-order valence-corrected chi connectivity index (χ3v) is 4.92. The molecule has 3 N–H and O–H groups in total. The van der Waals surface area contributed by atoms with E-state index in [4.69, 9.17) is 0 Å². The molecule has 5 aromatic rings. The number of aromatic amines is 2. The predicted molar refractivity (Wildman–Crippen MR) is 108 cm³/mol. The number of amides is 1. The summed E-state index contributed by atoms with van der Waals surface area (Å²) in [4.78, 5) is 19.5. The average molecular weight is 425 g/mol. The number of anilines is 1. The highest BCUT2D eigenvalue weighted by molar-refractivity contribution is 6.10. The van der Waals surface area contributed by atoms with E-state index in [9.17, 15) is 18.0 Å². The molecule has 0 bridgehead atoms. The number of alkyl halides is 3. The Hall–Kier alpha value is -4.08. The first-order valence-corrected chi connectivity index (χ1v) is 9.21. The molecule has 0 unspecified atom stereocenters. The topological polar surface area (TPSA) is 99.6 Å². The Morgan fingerprint density at radius 2 is 1.97 bits per heavy atom. The molecule has 0 radical (unpaired) electrons. The van der Waals surface area contributed by atoms with Gasteiger partial charge in [0.25, 0.3) is 5.91 Å². The average Bonchev–Trinajstić information content (AvgIpc) is 3.45. The fourth-order valence-corrected chi connectivity index (χ4v) is 3.60. The lowest BCUT2D eigenvalue weighted by Crippen LogP contribution is -2.18. The van der Waals surface area contributed by atoms with E-state index >= 15 is 0 Å². The van der Waals surface area contributed by atoms with E-state index in [1.165, 1.54) is 13.1 Å². The maximum Gasteiger partial charge on any atom is 0.452 e. The molecule has 7 nitrogen and oxygen atoms in total. The molecule has 10 heteroatoms. The summed E-state index contributed by atoms with van der Waals surface area (Å²) >= 11 is 0. The van der Waals surface area contributed by atoms with Crippen LogP contribution in [0.2, 0.25) is 0 Å². The van der Waals surface area contributed by atoms with Gasteiger partial charge in [-0.2, -0.15) is 18.3 Å². The van der Waals surface area contributed by atoms with E-state index in [1.807, 2.05) is 36.5 Å². The maximum absolute atomic E-state index is 13.2. The van der Waals surface area contributed by atoms with Gasteiger partial charge in [-0.15, -0.1) is 0 Å². The van der Waals surface area contributed by atoms with Crippen molar-refractivity contribution in [2.75, 3.05) is 5.32 Å². The minimum absolute atomic E-state index is 0.251. The Kier molecular flexibility index (Phi) is 4.10. The summed E-state index contributed by atoms with van der Waals surface area (Å²) in [6, 6.07) is 11.2. The highest BCUT2D eigenvalue weighted by atomic mass is 19.4. The minimum atomic E-state index is -4.84. The van der Waals surface area contributed by atoms with Crippen molar-refractivity contribution in [1.29, 1.82) is 0 Å². The standard InChI is InChI=1S/C21H14F3N5O2/c1-10-27-18(19(31-10)21(22,23)24)20(30)28-16-7-11(8-17-14(16)9-26-29-17)12-3-2-4-15-13(12)5-6-25-15/h2-9,25H,1H3,(H,26,29)(H,28,30). The number of fused-ring (bicyclic) bond motifs is 2. The second-order valence-electron chi connectivity index (χ2n) is 6.96. The normalized spacial score (nSPS) is 12.0. The molecule has 3 aromatic heterocycles. The zero-order valence-corrected chi connectivity index (χ0v) is 16.0. The zero-order chi connectivity index (χ0) is 21.8. The van der Waals surface area contributed by atoms with Crippen LogP contribution < -0.4 is 5.32 Å². The summed E-state index contributed by atoms with van der Waals surface area (Å²) in [6.45, 7) is 1.25. The van der Waals surface area contributed by atoms with Gasteiger partial charge in [0.15, 0.2) is 11.6 Å². The fourth-order valence-electron chi connectivity index (χ4n) is 3.60. The number of carbonyl (C=O) groups is 1. The van der Waals surface area contributed by atoms with E-state index in [0.717, 1.165) is 22.0 Å². The van der Waals surface area contributed by atoms with Crippen LogP contribution in [0.4, 0.5) is 18.9 Å². The van der Waals surface area contributed by atoms with Crippen LogP contribution in [-0.4, -0.2) is 26.1 Å². The third kappa shape index (κ3) is 3.21. The number of benzene rings is 2. The largest absolute Gasteiger partial charge is 0.452 e. The lowest BCUT2D eigenvalue weighted by Gasteiger charge is -2.11. The number of halogens is 3. The van der Waals surface area contributed by atoms with Crippen molar-refractivity contribution in [2.24, 2.45) is 0 Å². The van der Waals surface area contributed by atoms with Crippen LogP contribution in [-0.2, 0) is 6.18 Å². The van der Waals surface area contributed by atoms with Gasteiger partial charge in [-0.05, 0) is 35.4 Å². The van der Waals surface area contributed by atoms with Crippen molar-refractivity contribution in [2.45, 2.75) is 13.1 Å². The van der Waals surface area contributed by atoms with Gasteiger partial charge in [-0.3, -0.25) is 9.89 Å². The molecule has 0 saturated heterocycles. The van der Waals surface area contributed by atoms with Crippen molar-refractivity contribution in [3.8, 4) is 11.1 Å². The molecule has 0 saturated carbocycles. The number of H-pyrrole nitrogens is 2. The molecule has 0 spiro atoms. The van der Waals surface area contributed by atoms with E-state index in [1.54, 1.807) is 6.07 Å². The van der Waals surface area contributed by atoms with Gasteiger partial charge in [0, 0.05) is 29.4 Å². The molecule has 5 rings (SSSR count). The summed E-state index contributed by atoms with van der Waals surface area (Å²) < 4.78 is 44.3. The molecule has 3 heterocycles. The lowest BCUT2D eigenvalue weighted by atomic mass is 9.99. The molecule has 0 aliphatic rings. The molecule has 0 aliphatic carbocycles. The number of hydrogen-bond donors (Lipinski definition) is 3. The zero-order valence-electron chi connectivity index (χ0n) is 16.0. The monoisotopic (exact) mass is 425 g/mol. The fraction of sp³-hybridized carbons (Fsp3) is 0.0952. The molecular weight excluding hydrogens is 411 g/mol. The first-order chi connectivity index (χ1) is 14.8.